The van der Waals surface area contributed by atoms with E-state index < -0.39 is 0 Å². The number of carbonyl (C=O) groups is 1. The van der Waals surface area contributed by atoms with E-state index in [4.69, 9.17) is 10.5 Å². The summed E-state index contributed by atoms with van der Waals surface area (Å²) in [6.07, 6.45) is 3.69. The minimum absolute atomic E-state index is 0.122. The maximum absolute atomic E-state index is 12.4. The zero-order valence-electron chi connectivity index (χ0n) is 10.6. The second-order valence-corrected chi connectivity index (χ2v) is 4.67. The van der Waals surface area contributed by atoms with Gasteiger partial charge < -0.3 is 10.5 Å². The molecule has 0 radical (unpaired) electrons. The lowest BCUT2D eigenvalue weighted by atomic mass is 10.0. The van der Waals surface area contributed by atoms with Crippen molar-refractivity contribution in [2.45, 2.75) is 12.8 Å². The Labute approximate surface area is 111 Å². The highest BCUT2D eigenvalue weighted by Gasteiger charge is 2.18. The lowest BCUT2D eigenvalue weighted by molar-refractivity contribution is 0.0900. The van der Waals surface area contributed by atoms with Gasteiger partial charge >= 0.3 is 0 Å². The Kier molecular flexibility index (Phi) is 2.95. The van der Waals surface area contributed by atoms with E-state index in [-0.39, 0.29) is 5.78 Å². The summed E-state index contributed by atoms with van der Waals surface area (Å²) >= 11 is 0. The molecule has 0 saturated carbocycles. The van der Waals surface area contributed by atoms with E-state index in [2.05, 4.69) is 0 Å². The molecule has 0 bridgehead atoms. The van der Waals surface area contributed by atoms with Crippen LogP contribution < -0.4 is 5.73 Å². The van der Waals surface area contributed by atoms with Crippen molar-refractivity contribution >= 4 is 22.2 Å². The SMILES string of the molecule is Nc1cc2ccccc2cc1C(=O)C1=CCCCO1. The summed E-state index contributed by atoms with van der Waals surface area (Å²) in [5, 5.41) is 2.05. The third-order valence-corrected chi connectivity index (χ3v) is 3.32. The Hall–Kier alpha value is -2.29. The molecule has 3 rings (SSSR count). The first-order valence-electron chi connectivity index (χ1n) is 6.41. The number of rotatable bonds is 2. The largest absolute Gasteiger partial charge is 0.490 e. The molecule has 1 aliphatic heterocycles. The number of hydrogen-bond donors (Lipinski definition) is 1. The van der Waals surface area contributed by atoms with Crippen molar-refractivity contribution in [3.8, 4) is 0 Å². The van der Waals surface area contributed by atoms with Crippen molar-refractivity contribution in [2.75, 3.05) is 12.3 Å². The number of benzene rings is 2. The number of ether oxygens (including phenoxy) is 1. The van der Waals surface area contributed by atoms with Crippen molar-refractivity contribution in [1.29, 1.82) is 0 Å². The maximum Gasteiger partial charge on any atom is 0.229 e. The fourth-order valence-corrected chi connectivity index (χ4v) is 2.30. The van der Waals surface area contributed by atoms with Crippen molar-refractivity contribution in [3.05, 3.63) is 53.8 Å². The molecular formula is C16H15NO2. The number of carbonyl (C=O) groups excluding carboxylic acids is 1. The van der Waals surface area contributed by atoms with Gasteiger partial charge in [0.15, 0.2) is 5.76 Å². The Morgan fingerprint density at radius 3 is 2.58 bits per heavy atom. The van der Waals surface area contributed by atoms with Crippen molar-refractivity contribution in [1.82, 2.24) is 0 Å². The molecule has 0 unspecified atom stereocenters. The lowest BCUT2D eigenvalue weighted by Gasteiger charge is -2.15. The number of nitrogens with two attached hydrogens (primary N) is 1. The Balaban J connectivity index is 2.06. The molecule has 0 spiro atoms. The van der Waals surface area contributed by atoms with Gasteiger partial charge in [-0.15, -0.1) is 0 Å². The first-order chi connectivity index (χ1) is 9.25. The molecule has 2 N–H and O–H groups in total. The standard InChI is InChI=1S/C16H15NO2/c17-14-10-12-6-2-1-5-11(12)9-13(14)16(18)15-7-3-4-8-19-15/h1-2,5-7,9-10H,3-4,8,17H2. The summed E-state index contributed by atoms with van der Waals surface area (Å²) in [4.78, 5) is 12.4. The highest BCUT2D eigenvalue weighted by atomic mass is 16.5. The van der Waals surface area contributed by atoms with Gasteiger partial charge in [-0.3, -0.25) is 4.79 Å². The van der Waals surface area contributed by atoms with E-state index in [0.29, 0.717) is 23.6 Å². The molecule has 19 heavy (non-hydrogen) atoms. The van der Waals surface area contributed by atoms with Crippen LogP contribution in [0.1, 0.15) is 23.2 Å². The van der Waals surface area contributed by atoms with Gasteiger partial charge in [-0.2, -0.15) is 0 Å². The molecule has 0 aliphatic carbocycles. The van der Waals surface area contributed by atoms with Crippen LogP contribution in [0.5, 0.6) is 0 Å². The Bertz CT molecular complexity index is 674. The number of ketones is 1. The summed E-state index contributed by atoms with van der Waals surface area (Å²) in [6, 6.07) is 11.5. The minimum atomic E-state index is -0.122. The minimum Gasteiger partial charge on any atom is -0.490 e. The normalized spacial score (nSPS) is 14.8. The van der Waals surface area contributed by atoms with Gasteiger partial charge in [0.1, 0.15) is 0 Å². The highest BCUT2D eigenvalue weighted by Crippen LogP contribution is 2.25. The zero-order chi connectivity index (χ0) is 13.2. The first kappa shape index (κ1) is 11.8. The topological polar surface area (TPSA) is 52.3 Å². The maximum atomic E-state index is 12.4. The van der Waals surface area contributed by atoms with E-state index in [0.717, 1.165) is 23.6 Å². The number of hydrogen-bond acceptors (Lipinski definition) is 3. The number of anilines is 1. The molecule has 1 aliphatic rings. The van der Waals surface area contributed by atoms with Gasteiger partial charge in [0, 0.05) is 11.3 Å². The van der Waals surface area contributed by atoms with Crippen LogP contribution in [-0.2, 0) is 4.74 Å². The van der Waals surface area contributed by atoms with Crippen LogP contribution in [0.2, 0.25) is 0 Å². The molecule has 0 amide bonds. The fourth-order valence-electron chi connectivity index (χ4n) is 2.30. The summed E-state index contributed by atoms with van der Waals surface area (Å²) in [7, 11) is 0. The summed E-state index contributed by atoms with van der Waals surface area (Å²) in [5.74, 6) is 0.302. The van der Waals surface area contributed by atoms with Gasteiger partial charge in [0.2, 0.25) is 5.78 Å². The van der Waals surface area contributed by atoms with Crippen LogP contribution in [-0.4, -0.2) is 12.4 Å². The monoisotopic (exact) mass is 253 g/mol. The van der Waals surface area contributed by atoms with E-state index >= 15 is 0 Å². The number of Topliss-reactive ketones (excluding diaryl/α,β-unsaturated/α-hetero) is 1. The molecule has 2 aromatic rings. The quantitative estimate of drug-likeness (QED) is 0.660. The van der Waals surface area contributed by atoms with Crippen LogP contribution in [0, 0.1) is 0 Å². The van der Waals surface area contributed by atoms with E-state index in [1.54, 1.807) is 0 Å². The molecule has 1 heterocycles. The molecule has 0 aromatic heterocycles. The number of nitrogen functional groups attached to an aromatic ring is 1. The number of allylic oxidation sites excluding steroid dienone is 2. The van der Waals surface area contributed by atoms with E-state index in [1.807, 2.05) is 42.5 Å². The number of fused-ring (bicyclic) bond motifs is 1. The molecule has 0 saturated heterocycles. The average Bonchev–Trinajstić information content (AvgIpc) is 2.47. The smallest absolute Gasteiger partial charge is 0.229 e. The fraction of sp³-hybridized carbons (Fsp3) is 0.188. The summed E-state index contributed by atoms with van der Waals surface area (Å²) < 4.78 is 5.42. The zero-order valence-corrected chi connectivity index (χ0v) is 10.6. The molecule has 3 nitrogen and oxygen atoms in total. The van der Waals surface area contributed by atoms with Crippen LogP contribution in [0.25, 0.3) is 10.8 Å². The summed E-state index contributed by atoms with van der Waals surface area (Å²) in [5.41, 5.74) is 7.01. The predicted octanol–water partition coefficient (Wildman–Crippen LogP) is 3.30. The highest BCUT2D eigenvalue weighted by molar-refractivity contribution is 6.13. The lowest BCUT2D eigenvalue weighted by Crippen LogP contribution is -2.13. The van der Waals surface area contributed by atoms with Crippen LogP contribution in [0.3, 0.4) is 0 Å². The van der Waals surface area contributed by atoms with Gasteiger partial charge in [-0.05, 0) is 41.8 Å². The first-order valence-corrected chi connectivity index (χ1v) is 6.41. The molecule has 2 aromatic carbocycles. The molecule has 3 heteroatoms. The Morgan fingerprint density at radius 1 is 1.16 bits per heavy atom. The second kappa shape index (κ2) is 4.76. The van der Waals surface area contributed by atoms with Crippen LogP contribution in [0.4, 0.5) is 5.69 Å². The average molecular weight is 253 g/mol. The Morgan fingerprint density at radius 2 is 1.89 bits per heavy atom. The van der Waals surface area contributed by atoms with Crippen molar-refractivity contribution in [3.63, 3.8) is 0 Å². The molecular weight excluding hydrogens is 238 g/mol. The third kappa shape index (κ3) is 2.19. The van der Waals surface area contributed by atoms with Crippen molar-refractivity contribution in [2.24, 2.45) is 0 Å². The van der Waals surface area contributed by atoms with Crippen molar-refractivity contribution < 1.29 is 9.53 Å². The van der Waals surface area contributed by atoms with Gasteiger partial charge in [-0.1, -0.05) is 24.3 Å². The molecule has 0 fully saturated rings. The van der Waals surface area contributed by atoms with Gasteiger partial charge in [-0.25, -0.2) is 0 Å². The molecule has 96 valence electrons. The second-order valence-electron chi connectivity index (χ2n) is 4.67. The third-order valence-electron chi connectivity index (χ3n) is 3.32. The van der Waals surface area contributed by atoms with E-state index in [9.17, 15) is 4.79 Å². The molecule has 0 atom stereocenters. The van der Waals surface area contributed by atoms with Crippen LogP contribution >= 0.6 is 0 Å². The van der Waals surface area contributed by atoms with Gasteiger partial charge in [0.05, 0.1) is 6.61 Å². The van der Waals surface area contributed by atoms with E-state index in [1.165, 1.54) is 0 Å². The van der Waals surface area contributed by atoms with Crippen LogP contribution in [0.15, 0.2) is 48.2 Å². The van der Waals surface area contributed by atoms with Gasteiger partial charge in [0.25, 0.3) is 0 Å². The predicted molar refractivity (Wildman–Crippen MR) is 76.0 cm³/mol. The summed E-state index contributed by atoms with van der Waals surface area (Å²) in [6.45, 7) is 0.602.